The minimum Gasteiger partial charge on any atom is -0.339 e. The zero-order chi connectivity index (χ0) is 17.9. The van der Waals surface area contributed by atoms with E-state index in [2.05, 4.69) is 36.2 Å². The number of aromatic nitrogens is 2. The number of amides is 1. The van der Waals surface area contributed by atoms with Gasteiger partial charge in [0.2, 0.25) is 17.6 Å². The van der Waals surface area contributed by atoms with Gasteiger partial charge in [-0.1, -0.05) is 50.2 Å². The van der Waals surface area contributed by atoms with Gasteiger partial charge in [0.05, 0.1) is 4.88 Å². The number of hydrogen-bond acceptors (Lipinski definition) is 5. The summed E-state index contributed by atoms with van der Waals surface area (Å²) in [6.45, 7) is 6.38. The van der Waals surface area contributed by atoms with E-state index in [9.17, 15) is 4.79 Å². The van der Waals surface area contributed by atoms with E-state index in [1.54, 1.807) is 11.3 Å². The number of rotatable bonds is 5. The van der Waals surface area contributed by atoms with Crippen LogP contribution in [0, 0.1) is 0 Å². The Bertz CT molecular complexity index is 848. The van der Waals surface area contributed by atoms with Crippen molar-refractivity contribution in [2.45, 2.75) is 39.0 Å². The van der Waals surface area contributed by atoms with Crippen LogP contribution in [0.4, 0.5) is 5.69 Å². The topological polar surface area (TPSA) is 68.0 Å². The van der Waals surface area contributed by atoms with Crippen LogP contribution in [0.2, 0.25) is 0 Å². The second kappa shape index (κ2) is 7.19. The molecule has 0 spiro atoms. The maximum atomic E-state index is 12.3. The Hall–Kier alpha value is -2.47. The zero-order valence-corrected chi connectivity index (χ0v) is 15.4. The Kier molecular flexibility index (Phi) is 4.99. The Balaban J connectivity index is 1.61. The van der Waals surface area contributed by atoms with Gasteiger partial charge in [0.25, 0.3) is 0 Å². The molecule has 5 nitrogen and oxygen atoms in total. The molecule has 2 heterocycles. The molecule has 0 atom stereocenters. The highest BCUT2D eigenvalue weighted by molar-refractivity contribution is 7.13. The lowest BCUT2D eigenvalue weighted by Crippen LogP contribution is -2.18. The van der Waals surface area contributed by atoms with E-state index < -0.39 is 0 Å². The molecule has 3 aromatic rings. The van der Waals surface area contributed by atoms with Crippen LogP contribution >= 0.6 is 11.3 Å². The van der Waals surface area contributed by atoms with Gasteiger partial charge in [0.15, 0.2) is 0 Å². The number of aryl methyl sites for hydroxylation is 1. The van der Waals surface area contributed by atoms with Crippen molar-refractivity contribution >= 4 is 22.9 Å². The summed E-state index contributed by atoms with van der Waals surface area (Å²) in [6.07, 6.45) is 0.715. The maximum Gasteiger partial charge on any atom is 0.227 e. The van der Waals surface area contributed by atoms with E-state index in [-0.39, 0.29) is 11.3 Å². The van der Waals surface area contributed by atoms with Crippen LogP contribution in [0.5, 0.6) is 0 Å². The molecule has 0 saturated carbocycles. The number of anilines is 1. The number of thiophene rings is 1. The third-order valence-corrected chi connectivity index (χ3v) is 4.65. The standard InChI is InChI=1S/C19H21N3O2S/c1-19(2,3)13-7-4-5-8-14(13)20-16(23)10-11-17-21-18(22-24-17)15-9-6-12-25-15/h4-9,12H,10-11H2,1-3H3,(H,20,23). The van der Waals surface area contributed by atoms with Crippen molar-refractivity contribution in [1.82, 2.24) is 10.1 Å². The smallest absolute Gasteiger partial charge is 0.227 e. The highest BCUT2D eigenvalue weighted by atomic mass is 32.1. The number of carbonyl (C=O) groups excluding carboxylic acids is 1. The molecule has 2 aromatic heterocycles. The molecule has 0 aliphatic carbocycles. The molecule has 0 aliphatic rings. The van der Waals surface area contributed by atoms with E-state index in [0.29, 0.717) is 24.6 Å². The van der Waals surface area contributed by atoms with E-state index in [0.717, 1.165) is 16.1 Å². The van der Waals surface area contributed by atoms with Crippen molar-refractivity contribution < 1.29 is 9.32 Å². The van der Waals surface area contributed by atoms with Crippen LogP contribution in [0.25, 0.3) is 10.7 Å². The molecule has 0 fully saturated rings. The summed E-state index contributed by atoms with van der Waals surface area (Å²) in [5, 5.41) is 8.92. The van der Waals surface area contributed by atoms with Crippen LogP contribution in [0.3, 0.4) is 0 Å². The monoisotopic (exact) mass is 355 g/mol. The molecular weight excluding hydrogens is 334 g/mol. The molecule has 1 amide bonds. The van der Waals surface area contributed by atoms with Gasteiger partial charge < -0.3 is 9.84 Å². The van der Waals surface area contributed by atoms with Gasteiger partial charge >= 0.3 is 0 Å². The summed E-state index contributed by atoms with van der Waals surface area (Å²) in [7, 11) is 0. The molecule has 0 aliphatic heterocycles. The van der Waals surface area contributed by atoms with Gasteiger partial charge in [0, 0.05) is 18.5 Å². The third-order valence-electron chi connectivity index (χ3n) is 3.78. The molecule has 6 heteroatoms. The number of para-hydroxylation sites is 1. The highest BCUT2D eigenvalue weighted by Gasteiger charge is 2.19. The summed E-state index contributed by atoms with van der Waals surface area (Å²) in [6, 6.07) is 11.8. The van der Waals surface area contributed by atoms with E-state index in [1.807, 2.05) is 41.8 Å². The fourth-order valence-corrected chi connectivity index (χ4v) is 3.19. The summed E-state index contributed by atoms with van der Waals surface area (Å²) in [5.41, 5.74) is 1.93. The highest BCUT2D eigenvalue weighted by Crippen LogP contribution is 2.29. The van der Waals surface area contributed by atoms with Crippen LogP contribution < -0.4 is 5.32 Å². The SMILES string of the molecule is CC(C)(C)c1ccccc1NC(=O)CCc1nc(-c2cccs2)no1. The largest absolute Gasteiger partial charge is 0.339 e. The van der Waals surface area contributed by atoms with Crippen molar-refractivity contribution in [3.8, 4) is 10.7 Å². The van der Waals surface area contributed by atoms with Gasteiger partial charge in [0.1, 0.15) is 0 Å². The van der Waals surface area contributed by atoms with Gasteiger partial charge in [-0.15, -0.1) is 11.3 Å². The van der Waals surface area contributed by atoms with Gasteiger partial charge in [-0.3, -0.25) is 4.79 Å². The average Bonchev–Trinajstić information content (AvgIpc) is 3.24. The van der Waals surface area contributed by atoms with Crippen molar-refractivity contribution in [1.29, 1.82) is 0 Å². The van der Waals surface area contributed by atoms with Gasteiger partial charge in [-0.2, -0.15) is 4.98 Å². The first kappa shape index (κ1) is 17.4. The number of benzene rings is 1. The fraction of sp³-hybridized carbons (Fsp3) is 0.316. The fourth-order valence-electron chi connectivity index (χ4n) is 2.54. The molecule has 3 rings (SSSR count). The van der Waals surface area contributed by atoms with E-state index in [4.69, 9.17) is 4.52 Å². The molecule has 1 aromatic carbocycles. The summed E-state index contributed by atoms with van der Waals surface area (Å²) in [5.74, 6) is 0.985. The van der Waals surface area contributed by atoms with Crippen LogP contribution in [-0.2, 0) is 16.6 Å². The van der Waals surface area contributed by atoms with Gasteiger partial charge in [-0.25, -0.2) is 0 Å². The lowest BCUT2D eigenvalue weighted by molar-refractivity contribution is -0.116. The van der Waals surface area contributed by atoms with Crippen LogP contribution in [0.15, 0.2) is 46.3 Å². The Labute approximate surface area is 151 Å². The van der Waals surface area contributed by atoms with Crippen LogP contribution in [0.1, 0.15) is 38.6 Å². The number of carbonyl (C=O) groups is 1. The van der Waals surface area contributed by atoms with E-state index in [1.165, 1.54) is 0 Å². The second-order valence-electron chi connectivity index (χ2n) is 6.83. The zero-order valence-electron chi connectivity index (χ0n) is 14.6. The Morgan fingerprint density at radius 2 is 2.00 bits per heavy atom. The van der Waals surface area contributed by atoms with Crippen molar-refractivity contribution in [3.05, 3.63) is 53.2 Å². The number of nitrogens with one attached hydrogen (secondary N) is 1. The minimum absolute atomic E-state index is 0.0357. The van der Waals surface area contributed by atoms with E-state index >= 15 is 0 Å². The predicted molar refractivity (Wildman–Crippen MR) is 99.7 cm³/mol. The first-order valence-electron chi connectivity index (χ1n) is 8.19. The molecule has 0 radical (unpaired) electrons. The third kappa shape index (κ3) is 4.33. The van der Waals surface area contributed by atoms with Gasteiger partial charge in [-0.05, 0) is 28.5 Å². The summed E-state index contributed by atoms with van der Waals surface area (Å²) >= 11 is 1.56. The van der Waals surface area contributed by atoms with Crippen molar-refractivity contribution in [2.24, 2.45) is 0 Å². The lowest BCUT2D eigenvalue weighted by Gasteiger charge is -2.22. The minimum atomic E-state index is -0.0624. The predicted octanol–water partition coefficient (Wildman–Crippen LogP) is 4.67. The Morgan fingerprint density at radius 1 is 1.20 bits per heavy atom. The molecule has 1 N–H and O–H groups in total. The molecule has 0 bridgehead atoms. The first-order chi connectivity index (χ1) is 11.9. The van der Waals surface area contributed by atoms with Crippen molar-refractivity contribution in [3.63, 3.8) is 0 Å². The van der Waals surface area contributed by atoms with Crippen LogP contribution in [-0.4, -0.2) is 16.0 Å². The average molecular weight is 355 g/mol. The number of nitrogens with zero attached hydrogens (tertiary/aromatic N) is 2. The second-order valence-corrected chi connectivity index (χ2v) is 7.78. The molecule has 0 saturated heterocycles. The summed E-state index contributed by atoms with van der Waals surface area (Å²) in [4.78, 5) is 17.6. The lowest BCUT2D eigenvalue weighted by atomic mass is 9.86. The molecule has 0 unspecified atom stereocenters. The number of hydrogen-bond donors (Lipinski definition) is 1. The Morgan fingerprint density at radius 3 is 2.72 bits per heavy atom. The maximum absolute atomic E-state index is 12.3. The molecular formula is C19H21N3O2S. The normalized spacial score (nSPS) is 11.5. The first-order valence-corrected chi connectivity index (χ1v) is 9.07. The summed E-state index contributed by atoms with van der Waals surface area (Å²) < 4.78 is 5.23. The molecule has 130 valence electrons. The quantitative estimate of drug-likeness (QED) is 0.722. The van der Waals surface area contributed by atoms with Crippen molar-refractivity contribution in [2.75, 3.05) is 5.32 Å². The molecule has 25 heavy (non-hydrogen) atoms.